The average Bonchev–Trinajstić information content (AvgIpc) is 3.41. The van der Waals surface area contributed by atoms with E-state index in [-0.39, 0.29) is 17.1 Å². The van der Waals surface area contributed by atoms with Gasteiger partial charge in [0.25, 0.3) is 5.91 Å². The molecule has 4 heterocycles. The van der Waals surface area contributed by atoms with Gasteiger partial charge in [0.1, 0.15) is 0 Å². The predicted molar refractivity (Wildman–Crippen MR) is 114 cm³/mol. The molecule has 154 valence electrons. The number of benzene rings is 1. The van der Waals surface area contributed by atoms with Crippen LogP contribution in [0.1, 0.15) is 41.1 Å². The number of nitrogens with zero attached hydrogens (tertiary/aromatic N) is 5. The van der Waals surface area contributed by atoms with Crippen molar-refractivity contribution < 1.29 is 9.32 Å². The summed E-state index contributed by atoms with van der Waals surface area (Å²) < 4.78 is 5.40. The highest BCUT2D eigenvalue weighted by Gasteiger charge is 2.45. The smallest absolute Gasteiger partial charge is 0.293 e. The number of hydrogen-bond acceptors (Lipinski definition) is 6. The minimum atomic E-state index is -0.135. The molecule has 1 saturated heterocycles. The fourth-order valence-corrected chi connectivity index (χ4v) is 5.05. The molecule has 1 unspecified atom stereocenters. The van der Waals surface area contributed by atoms with Crippen LogP contribution in [-0.2, 0) is 11.8 Å². The van der Waals surface area contributed by atoms with E-state index in [9.17, 15) is 4.79 Å². The summed E-state index contributed by atoms with van der Waals surface area (Å²) in [6.45, 7) is 1.33. The Bertz CT molecular complexity index is 1280. The van der Waals surface area contributed by atoms with Crippen molar-refractivity contribution in [3.8, 4) is 11.4 Å². The minimum absolute atomic E-state index is 0.125. The fraction of sp³-hybridized carbons (Fsp3) is 0.292. The Kier molecular flexibility index (Phi) is 4.09. The lowest BCUT2D eigenvalue weighted by atomic mass is 9.77. The molecule has 6 rings (SSSR count). The average molecular weight is 411 g/mol. The van der Waals surface area contributed by atoms with Gasteiger partial charge >= 0.3 is 0 Å². The van der Waals surface area contributed by atoms with E-state index in [4.69, 9.17) is 9.51 Å². The van der Waals surface area contributed by atoms with Crippen LogP contribution in [0.3, 0.4) is 0 Å². The second kappa shape index (κ2) is 6.97. The van der Waals surface area contributed by atoms with Crippen LogP contribution in [0, 0.1) is 0 Å². The molecular weight excluding hydrogens is 390 g/mol. The maximum Gasteiger partial charge on any atom is 0.293 e. The van der Waals surface area contributed by atoms with Gasteiger partial charge in [0.2, 0.25) is 11.4 Å². The third-order valence-electron chi connectivity index (χ3n) is 6.58. The lowest BCUT2D eigenvalue weighted by Crippen LogP contribution is -2.48. The van der Waals surface area contributed by atoms with E-state index in [1.54, 1.807) is 12.3 Å². The zero-order valence-electron chi connectivity index (χ0n) is 17.0. The van der Waals surface area contributed by atoms with Crippen LogP contribution in [0.2, 0.25) is 0 Å². The Morgan fingerprint density at radius 2 is 1.97 bits per heavy atom. The number of hydrogen-bond donors (Lipinski definition) is 0. The van der Waals surface area contributed by atoms with Crippen molar-refractivity contribution in [2.75, 3.05) is 13.1 Å². The number of rotatable bonds is 2. The second-order valence-electron chi connectivity index (χ2n) is 8.43. The Labute approximate surface area is 179 Å². The monoisotopic (exact) mass is 411 g/mol. The maximum absolute atomic E-state index is 13.3. The summed E-state index contributed by atoms with van der Waals surface area (Å²) in [4.78, 5) is 29.0. The molecule has 4 aromatic rings. The summed E-state index contributed by atoms with van der Waals surface area (Å²) in [5.41, 5.74) is 3.64. The third-order valence-corrected chi connectivity index (χ3v) is 6.58. The first kappa shape index (κ1) is 18.2. The molecule has 0 N–H and O–H groups in total. The van der Waals surface area contributed by atoms with Crippen molar-refractivity contribution in [3.63, 3.8) is 0 Å². The first-order valence-corrected chi connectivity index (χ1v) is 10.7. The van der Waals surface area contributed by atoms with Crippen LogP contribution in [0.15, 0.2) is 59.4 Å². The van der Waals surface area contributed by atoms with E-state index < -0.39 is 0 Å². The number of carbonyl (C=O) groups is 1. The zero-order chi connectivity index (χ0) is 20.8. The fourth-order valence-electron chi connectivity index (χ4n) is 5.05. The van der Waals surface area contributed by atoms with Crippen molar-refractivity contribution in [1.29, 1.82) is 0 Å². The number of fused-ring (bicyclic) bond motifs is 3. The predicted octanol–water partition coefficient (Wildman–Crippen LogP) is 3.80. The van der Waals surface area contributed by atoms with Gasteiger partial charge in [-0.15, -0.1) is 0 Å². The van der Waals surface area contributed by atoms with Crippen molar-refractivity contribution in [1.82, 2.24) is 25.0 Å². The summed E-state index contributed by atoms with van der Waals surface area (Å²) in [6.07, 6.45) is 7.50. The van der Waals surface area contributed by atoms with E-state index in [1.807, 2.05) is 47.5 Å². The molecule has 1 fully saturated rings. The Hall–Kier alpha value is -3.61. The molecule has 7 heteroatoms. The first-order chi connectivity index (χ1) is 15.2. The lowest BCUT2D eigenvalue weighted by Gasteiger charge is -2.40. The molecule has 31 heavy (non-hydrogen) atoms. The van der Waals surface area contributed by atoms with Crippen molar-refractivity contribution in [2.24, 2.45) is 0 Å². The molecule has 2 aliphatic rings. The molecule has 7 nitrogen and oxygen atoms in total. The molecular formula is C24H21N5O2. The van der Waals surface area contributed by atoms with Crippen LogP contribution in [0.5, 0.6) is 0 Å². The lowest BCUT2D eigenvalue weighted by molar-refractivity contribution is 0.0595. The highest BCUT2D eigenvalue weighted by Crippen LogP contribution is 2.44. The minimum Gasteiger partial charge on any atom is -0.348 e. The molecule has 1 spiro atoms. The van der Waals surface area contributed by atoms with Gasteiger partial charge < -0.3 is 9.42 Å². The van der Waals surface area contributed by atoms with Crippen molar-refractivity contribution in [2.45, 2.75) is 31.1 Å². The summed E-state index contributed by atoms with van der Waals surface area (Å²) in [6, 6.07) is 13.7. The number of aromatic nitrogens is 4. The van der Waals surface area contributed by atoms with Gasteiger partial charge in [-0.05, 0) is 43.4 Å². The van der Waals surface area contributed by atoms with Crippen LogP contribution < -0.4 is 0 Å². The largest absolute Gasteiger partial charge is 0.348 e. The van der Waals surface area contributed by atoms with E-state index in [1.165, 1.54) is 5.56 Å². The number of pyridine rings is 1. The van der Waals surface area contributed by atoms with Crippen LogP contribution in [0.25, 0.3) is 22.4 Å². The first-order valence-electron chi connectivity index (χ1n) is 10.7. The van der Waals surface area contributed by atoms with Gasteiger partial charge in [0.15, 0.2) is 5.82 Å². The van der Waals surface area contributed by atoms with Crippen LogP contribution in [-0.4, -0.2) is 44.0 Å². The Morgan fingerprint density at radius 1 is 1.06 bits per heavy atom. The summed E-state index contributed by atoms with van der Waals surface area (Å²) >= 11 is 0. The summed E-state index contributed by atoms with van der Waals surface area (Å²) in [7, 11) is 0. The van der Waals surface area contributed by atoms with E-state index in [2.05, 4.69) is 15.1 Å². The van der Waals surface area contributed by atoms with Crippen LogP contribution >= 0.6 is 0 Å². The van der Waals surface area contributed by atoms with Gasteiger partial charge in [0.05, 0.1) is 11.1 Å². The third kappa shape index (κ3) is 2.91. The van der Waals surface area contributed by atoms with E-state index in [0.717, 1.165) is 42.8 Å². The number of likely N-dealkylation sites (tertiary alicyclic amines) is 1. The second-order valence-corrected chi connectivity index (χ2v) is 8.43. The maximum atomic E-state index is 13.3. The normalized spacial score (nSPS) is 20.3. The highest BCUT2D eigenvalue weighted by molar-refractivity contribution is 6.02. The van der Waals surface area contributed by atoms with Crippen molar-refractivity contribution >= 4 is 16.9 Å². The summed E-state index contributed by atoms with van der Waals surface area (Å²) in [5, 5.41) is 4.61. The van der Waals surface area contributed by atoms with Gasteiger partial charge in [-0.3, -0.25) is 4.79 Å². The Balaban J connectivity index is 1.34. The molecule has 1 aromatic carbocycles. The zero-order valence-corrected chi connectivity index (χ0v) is 17.0. The standard InChI is InChI=1S/C24H21N5O2/c30-23(19-18-8-4-12-25-22(18)28-31-19)29-13-5-10-24(15-29)11-9-17-14-26-21(27-20(17)24)16-6-2-1-3-7-16/h1-4,6-8,12,14H,5,9-11,13,15H2. The molecule has 0 bridgehead atoms. The quantitative estimate of drug-likeness (QED) is 0.499. The number of aryl methyl sites for hydroxylation is 1. The molecule has 1 aliphatic carbocycles. The number of amides is 1. The Morgan fingerprint density at radius 3 is 2.87 bits per heavy atom. The molecule has 3 aromatic heterocycles. The summed E-state index contributed by atoms with van der Waals surface area (Å²) in [5.74, 6) is 0.891. The molecule has 0 radical (unpaired) electrons. The molecule has 1 aliphatic heterocycles. The van der Waals surface area contributed by atoms with Crippen molar-refractivity contribution in [3.05, 3.63) is 71.9 Å². The van der Waals surface area contributed by atoms with Gasteiger partial charge in [-0.1, -0.05) is 35.5 Å². The highest BCUT2D eigenvalue weighted by atomic mass is 16.5. The van der Waals surface area contributed by atoms with Crippen LogP contribution in [0.4, 0.5) is 0 Å². The topological polar surface area (TPSA) is 85.0 Å². The molecule has 1 atom stereocenters. The number of carbonyl (C=O) groups excluding carboxylic acids is 1. The van der Waals surface area contributed by atoms with E-state index in [0.29, 0.717) is 24.1 Å². The molecule has 0 saturated carbocycles. The number of piperidine rings is 1. The van der Waals surface area contributed by atoms with Gasteiger partial charge in [-0.2, -0.15) is 0 Å². The molecule has 1 amide bonds. The van der Waals surface area contributed by atoms with Gasteiger partial charge in [-0.25, -0.2) is 15.0 Å². The SMILES string of the molecule is O=C(c1onc2ncccc12)N1CCCC2(CCc3cnc(-c4ccccc4)nc32)C1. The van der Waals surface area contributed by atoms with E-state index >= 15 is 0 Å². The van der Waals surface area contributed by atoms with Gasteiger partial charge in [0, 0.05) is 36.5 Å².